The standard InChI is InChI=1S/C13H22N4S/c14-13-15-11(10-18-13)9-16-5-7-17(8-6-16)12-3-1-2-4-12/h10,12H,1-9H2,(H2,14,15). The molecule has 2 fully saturated rings. The van der Waals surface area contributed by atoms with Crippen molar-refractivity contribution in [3.63, 3.8) is 0 Å². The normalized spacial score (nSPS) is 23.8. The van der Waals surface area contributed by atoms with Crippen LogP contribution >= 0.6 is 11.3 Å². The summed E-state index contributed by atoms with van der Waals surface area (Å²) in [5.74, 6) is 0. The highest BCUT2D eigenvalue weighted by Crippen LogP contribution is 2.24. The van der Waals surface area contributed by atoms with E-state index in [9.17, 15) is 0 Å². The van der Waals surface area contributed by atoms with E-state index in [2.05, 4.69) is 20.2 Å². The summed E-state index contributed by atoms with van der Waals surface area (Å²) in [6.07, 6.45) is 5.71. The fourth-order valence-corrected chi connectivity index (χ4v) is 3.73. The molecular weight excluding hydrogens is 244 g/mol. The Morgan fingerprint density at radius 1 is 1.22 bits per heavy atom. The zero-order valence-electron chi connectivity index (χ0n) is 10.8. The SMILES string of the molecule is Nc1nc(CN2CCN(C3CCCC3)CC2)cs1. The molecule has 3 rings (SSSR count). The summed E-state index contributed by atoms with van der Waals surface area (Å²) in [7, 11) is 0. The molecule has 1 saturated carbocycles. The topological polar surface area (TPSA) is 45.4 Å². The molecule has 2 N–H and O–H groups in total. The fraction of sp³-hybridized carbons (Fsp3) is 0.769. The first-order valence-corrected chi connectivity index (χ1v) is 7.85. The summed E-state index contributed by atoms with van der Waals surface area (Å²) in [6.45, 7) is 5.77. The Bertz CT molecular complexity index is 378. The number of aromatic nitrogens is 1. The lowest BCUT2D eigenvalue weighted by molar-refractivity contribution is 0.0931. The van der Waals surface area contributed by atoms with Crippen molar-refractivity contribution in [3.05, 3.63) is 11.1 Å². The quantitative estimate of drug-likeness (QED) is 0.906. The molecule has 0 aromatic carbocycles. The molecule has 1 aliphatic heterocycles. The van der Waals surface area contributed by atoms with Gasteiger partial charge in [0.2, 0.25) is 0 Å². The minimum Gasteiger partial charge on any atom is -0.375 e. The number of hydrogen-bond donors (Lipinski definition) is 1. The van der Waals surface area contributed by atoms with Crippen LogP contribution in [0.5, 0.6) is 0 Å². The molecular formula is C13H22N4S. The average Bonchev–Trinajstić information content (AvgIpc) is 3.02. The number of nitrogens with zero attached hydrogens (tertiary/aromatic N) is 3. The second kappa shape index (κ2) is 5.55. The van der Waals surface area contributed by atoms with Crippen LogP contribution in [0.1, 0.15) is 31.4 Å². The van der Waals surface area contributed by atoms with Gasteiger partial charge in [0.05, 0.1) is 5.69 Å². The first-order valence-electron chi connectivity index (χ1n) is 6.97. The molecule has 0 spiro atoms. The summed E-state index contributed by atoms with van der Waals surface area (Å²) in [5.41, 5.74) is 6.80. The van der Waals surface area contributed by atoms with E-state index < -0.39 is 0 Å². The van der Waals surface area contributed by atoms with Crippen LogP contribution in [0.3, 0.4) is 0 Å². The van der Waals surface area contributed by atoms with Crippen molar-refractivity contribution in [1.82, 2.24) is 14.8 Å². The molecule has 0 bridgehead atoms. The van der Waals surface area contributed by atoms with E-state index in [0.717, 1.165) is 18.3 Å². The molecule has 2 heterocycles. The Hall–Kier alpha value is -0.650. The van der Waals surface area contributed by atoms with Gasteiger partial charge in [-0.15, -0.1) is 11.3 Å². The van der Waals surface area contributed by atoms with Crippen molar-refractivity contribution in [2.45, 2.75) is 38.3 Å². The van der Waals surface area contributed by atoms with Crippen molar-refractivity contribution in [3.8, 4) is 0 Å². The number of thiazole rings is 1. The molecule has 0 atom stereocenters. The van der Waals surface area contributed by atoms with Gasteiger partial charge in [0.25, 0.3) is 0 Å². The second-order valence-corrected chi connectivity index (χ2v) is 6.32. The zero-order valence-corrected chi connectivity index (χ0v) is 11.7. The van der Waals surface area contributed by atoms with E-state index >= 15 is 0 Å². The third-order valence-corrected chi connectivity index (χ3v) is 4.93. The molecule has 1 aromatic heterocycles. The van der Waals surface area contributed by atoms with Crippen LogP contribution in [0.2, 0.25) is 0 Å². The predicted molar refractivity (Wildman–Crippen MR) is 75.6 cm³/mol. The van der Waals surface area contributed by atoms with Gasteiger partial charge in [-0.3, -0.25) is 9.80 Å². The monoisotopic (exact) mass is 266 g/mol. The zero-order chi connectivity index (χ0) is 12.4. The molecule has 4 nitrogen and oxygen atoms in total. The van der Waals surface area contributed by atoms with Crippen molar-refractivity contribution < 1.29 is 0 Å². The number of nitrogens with two attached hydrogens (primary N) is 1. The van der Waals surface area contributed by atoms with Crippen LogP contribution in [-0.2, 0) is 6.54 Å². The van der Waals surface area contributed by atoms with Gasteiger partial charge in [0.1, 0.15) is 0 Å². The van der Waals surface area contributed by atoms with Crippen LogP contribution in [0.15, 0.2) is 5.38 Å². The number of hydrogen-bond acceptors (Lipinski definition) is 5. The molecule has 18 heavy (non-hydrogen) atoms. The predicted octanol–water partition coefficient (Wildman–Crippen LogP) is 1.79. The van der Waals surface area contributed by atoms with Gasteiger partial charge < -0.3 is 5.73 Å². The molecule has 0 radical (unpaired) electrons. The largest absolute Gasteiger partial charge is 0.375 e. The van der Waals surface area contributed by atoms with Gasteiger partial charge >= 0.3 is 0 Å². The first kappa shape index (κ1) is 12.4. The first-order chi connectivity index (χ1) is 8.81. The number of rotatable bonds is 3. The highest BCUT2D eigenvalue weighted by atomic mass is 32.1. The lowest BCUT2D eigenvalue weighted by Crippen LogP contribution is -2.49. The van der Waals surface area contributed by atoms with Crippen LogP contribution in [-0.4, -0.2) is 47.0 Å². The maximum Gasteiger partial charge on any atom is 0.180 e. The molecule has 5 heteroatoms. The Labute approximate surface area is 113 Å². The van der Waals surface area contributed by atoms with Gasteiger partial charge in [-0.05, 0) is 12.8 Å². The maximum absolute atomic E-state index is 5.67. The minimum absolute atomic E-state index is 0.689. The summed E-state index contributed by atoms with van der Waals surface area (Å²) in [4.78, 5) is 9.54. The van der Waals surface area contributed by atoms with Crippen LogP contribution < -0.4 is 5.73 Å². The van der Waals surface area contributed by atoms with E-state index in [-0.39, 0.29) is 0 Å². The number of piperazine rings is 1. The Kier molecular flexibility index (Phi) is 3.82. The summed E-state index contributed by atoms with van der Waals surface area (Å²) >= 11 is 1.54. The summed E-state index contributed by atoms with van der Waals surface area (Å²) in [6, 6.07) is 0.877. The number of nitrogen functional groups attached to an aromatic ring is 1. The van der Waals surface area contributed by atoms with Crippen molar-refractivity contribution >= 4 is 16.5 Å². The van der Waals surface area contributed by atoms with E-state index in [1.165, 1.54) is 51.9 Å². The van der Waals surface area contributed by atoms with Gasteiger partial charge in [0.15, 0.2) is 5.13 Å². The van der Waals surface area contributed by atoms with E-state index in [1.807, 2.05) is 0 Å². The average molecular weight is 266 g/mol. The molecule has 2 aliphatic rings. The Morgan fingerprint density at radius 2 is 1.94 bits per heavy atom. The van der Waals surface area contributed by atoms with E-state index in [4.69, 9.17) is 5.73 Å². The maximum atomic E-state index is 5.67. The minimum atomic E-state index is 0.689. The van der Waals surface area contributed by atoms with E-state index in [0.29, 0.717) is 5.13 Å². The third kappa shape index (κ3) is 2.84. The summed E-state index contributed by atoms with van der Waals surface area (Å²) < 4.78 is 0. The lowest BCUT2D eigenvalue weighted by atomic mass is 10.2. The number of anilines is 1. The van der Waals surface area contributed by atoms with Gasteiger partial charge in [-0.1, -0.05) is 12.8 Å². The van der Waals surface area contributed by atoms with E-state index in [1.54, 1.807) is 11.3 Å². The van der Waals surface area contributed by atoms with Crippen LogP contribution in [0.4, 0.5) is 5.13 Å². The van der Waals surface area contributed by atoms with Crippen molar-refractivity contribution in [2.75, 3.05) is 31.9 Å². The third-order valence-electron chi connectivity index (χ3n) is 4.20. The molecule has 0 amide bonds. The lowest BCUT2D eigenvalue weighted by Gasteiger charge is -2.37. The van der Waals surface area contributed by atoms with Crippen LogP contribution in [0.25, 0.3) is 0 Å². The molecule has 0 unspecified atom stereocenters. The smallest absolute Gasteiger partial charge is 0.180 e. The summed E-state index contributed by atoms with van der Waals surface area (Å²) in [5, 5.41) is 2.77. The van der Waals surface area contributed by atoms with Crippen molar-refractivity contribution in [1.29, 1.82) is 0 Å². The van der Waals surface area contributed by atoms with Crippen molar-refractivity contribution in [2.24, 2.45) is 0 Å². The molecule has 100 valence electrons. The molecule has 1 aliphatic carbocycles. The van der Waals surface area contributed by atoms with Gasteiger partial charge in [-0.2, -0.15) is 0 Å². The Morgan fingerprint density at radius 3 is 2.56 bits per heavy atom. The molecule has 1 saturated heterocycles. The highest BCUT2D eigenvalue weighted by molar-refractivity contribution is 7.13. The fourth-order valence-electron chi connectivity index (χ4n) is 3.18. The molecule has 1 aromatic rings. The van der Waals surface area contributed by atoms with Gasteiger partial charge in [0, 0.05) is 44.1 Å². The van der Waals surface area contributed by atoms with Crippen LogP contribution in [0, 0.1) is 0 Å². The second-order valence-electron chi connectivity index (χ2n) is 5.43. The Balaban J connectivity index is 1.47. The van der Waals surface area contributed by atoms with Gasteiger partial charge in [-0.25, -0.2) is 4.98 Å². The highest BCUT2D eigenvalue weighted by Gasteiger charge is 2.26.